The predicted molar refractivity (Wildman–Crippen MR) is 54.3 cm³/mol. The molecular formula is C10H13NO5. The van der Waals surface area contributed by atoms with Gasteiger partial charge in [0.25, 0.3) is 5.91 Å². The maximum atomic E-state index is 11.0. The summed E-state index contributed by atoms with van der Waals surface area (Å²) in [6.07, 6.45) is 4.64. The molecule has 0 radical (unpaired) electrons. The molecule has 0 saturated carbocycles. The number of rotatable bonds is 6. The molecule has 6 heteroatoms. The molecule has 2 N–H and O–H groups in total. The predicted octanol–water partition coefficient (Wildman–Crippen LogP) is -0.468. The molecule has 0 heterocycles. The largest absolute Gasteiger partial charge is 0.480 e. The number of carboxylic acid groups (broad SMARTS) is 1. The molecule has 1 amide bonds. The molecule has 0 aliphatic rings. The maximum Gasteiger partial charge on any atom is 0.326 e. The third-order valence-corrected chi connectivity index (χ3v) is 1.68. The Morgan fingerprint density at radius 2 is 2.12 bits per heavy atom. The lowest BCUT2D eigenvalue weighted by molar-refractivity contribution is -0.145. The zero-order chi connectivity index (χ0) is 12.6. The number of nitrogens with one attached hydrogen (secondary N) is 1. The average Bonchev–Trinajstić information content (AvgIpc) is 2.23. The SMILES string of the molecule is C#CC(=O)N[C@@H](CCC(=O)OCC)C(=O)O. The van der Waals surface area contributed by atoms with E-state index in [1.54, 1.807) is 12.8 Å². The number of carboxylic acids is 1. The monoisotopic (exact) mass is 227 g/mol. The summed E-state index contributed by atoms with van der Waals surface area (Å²) in [5.41, 5.74) is 0. The van der Waals surface area contributed by atoms with E-state index in [1.165, 1.54) is 0 Å². The van der Waals surface area contributed by atoms with E-state index in [0.717, 1.165) is 0 Å². The molecule has 0 fully saturated rings. The van der Waals surface area contributed by atoms with Crippen molar-refractivity contribution in [2.24, 2.45) is 0 Å². The van der Waals surface area contributed by atoms with Gasteiger partial charge in [-0.05, 0) is 19.3 Å². The van der Waals surface area contributed by atoms with Crippen molar-refractivity contribution in [1.29, 1.82) is 0 Å². The quantitative estimate of drug-likeness (QED) is 0.473. The highest BCUT2D eigenvalue weighted by molar-refractivity contribution is 5.95. The second kappa shape index (κ2) is 7.29. The van der Waals surface area contributed by atoms with E-state index in [2.05, 4.69) is 10.1 Å². The summed E-state index contributed by atoms with van der Waals surface area (Å²) in [5.74, 6) is -0.842. The number of amides is 1. The molecule has 0 aliphatic carbocycles. The fourth-order valence-corrected chi connectivity index (χ4v) is 0.953. The third-order valence-electron chi connectivity index (χ3n) is 1.68. The lowest BCUT2D eigenvalue weighted by Crippen LogP contribution is -2.40. The van der Waals surface area contributed by atoms with Gasteiger partial charge in [0.2, 0.25) is 0 Å². The van der Waals surface area contributed by atoms with Gasteiger partial charge in [0.1, 0.15) is 6.04 Å². The molecule has 16 heavy (non-hydrogen) atoms. The van der Waals surface area contributed by atoms with Crippen LogP contribution in [0.15, 0.2) is 0 Å². The van der Waals surface area contributed by atoms with Crippen molar-refractivity contribution in [3.63, 3.8) is 0 Å². The second-order valence-corrected chi connectivity index (χ2v) is 2.85. The summed E-state index contributed by atoms with van der Waals surface area (Å²) in [6, 6.07) is -1.17. The van der Waals surface area contributed by atoms with E-state index in [0.29, 0.717) is 0 Å². The van der Waals surface area contributed by atoms with E-state index in [1.807, 2.05) is 0 Å². The van der Waals surface area contributed by atoms with Gasteiger partial charge in [-0.3, -0.25) is 9.59 Å². The van der Waals surface area contributed by atoms with Crippen LogP contribution in [0.5, 0.6) is 0 Å². The molecule has 0 saturated heterocycles. The first kappa shape index (κ1) is 14.0. The Balaban J connectivity index is 4.15. The Morgan fingerprint density at radius 3 is 2.56 bits per heavy atom. The minimum atomic E-state index is -1.24. The van der Waals surface area contributed by atoms with E-state index >= 15 is 0 Å². The molecule has 0 unspecified atom stereocenters. The first-order valence-corrected chi connectivity index (χ1v) is 4.66. The van der Waals surface area contributed by atoms with Gasteiger partial charge in [0.05, 0.1) is 6.61 Å². The van der Waals surface area contributed by atoms with Gasteiger partial charge in [-0.25, -0.2) is 4.79 Å². The van der Waals surface area contributed by atoms with E-state index in [9.17, 15) is 14.4 Å². The summed E-state index contributed by atoms with van der Waals surface area (Å²) in [6.45, 7) is 1.87. The molecule has 6 nitrogen and oxygen atoms in total. The first-order valence-electron chi connectivity index (χ1n) is 4.66. The zero-order valence-electron chi connectivity index (χ0n) is 8.86. The van der Waals surface area contributed by atoms with Gasteiger partial charge >= 0.3 is 11.9 Å². The molecule has 0 aromatic heterocycles. The van der Waals surface area contributed by atoms with Crippen LogP contribution in [0.25, 0.3) is 0 Å². The average molecular weight is 227 g/mol. The highest BCUT2D eigenvalue weighted by Crippen LogP contribution is 2.00. The van der Waals surface area contributed by atoms with Crippen molar-refractivity contribution in [1.82, 2.24) is 5.32 Å². The number of hydrogen-bond acceptors (Lipinski definition) is 4. The summed E-state index contributed by atoms with van der Waals surface area (Å²) >= 11 is 0. The number of ether oxygens (including phenoxy) is 1. The lowest BCUT2D eigenvalue weighted by Gasteiger charge is -2.11. The molecule has 0 spiro atoms. The van der Waals surface area contributed by atoms with E-state index in [-0.39, 0.29) is 19.4 Å². The molecule has 0 aromatic carbocycles. The van der Waals surface area contributed by atoms with Crippen LogP contribution >= 0.6 is 0 Å². The van der Waals surface area contributed by atoms with Crippen LogP contribution in [0.4, 0.5) is 0 Å². The summed E-state index contributed by atoms with van der Waals surface area (Å²) in [5, 5.41) is 10.8. The van der Waals surface area contributed by atoms with Crippen molar-refractivity contribution in [3.05, 3.63) is 0 Å². The smallest absolute Gasteiger partial charge is 0.326 e. The molecule has 88 valence electrons. The lowest BCUT2D eigenvalue weighted by atomic mass is 10.1. The Bertz CT molecular complexity index is 318. The summed E-state index contributed by atoms with van der Waals surface area (Å²) < 4.78 is 4.62. The minimum absolute atomic E-state index is 0.0540. The Hall–Kier alpha value is -2.03. The van der Waals surface area contributed by atoms with Gasteiger partial charge in [-0.1, -0.05) is 0 Å². The van der Waals surface area contributed by atoms with Crippen LogP contribution in [-0.2, 0) is 19.1 Å². The van der Waals surface area contributed by atoms with Crippen molar-refractivity contribution in [2.75, 3.05) is 6.61 Å². The zero-order valence-corrected chi connectivity index (χ0v) is 8.86. The van der Waals surface area contributed by atoms with Gasteiger partial charge in [0, 0.05) is 6.42 Å². The minimum Gasteiger partial charge on any atom is -0.480 e. The van der Waals surface area contributed by atoms with Crippen molar-refractivity contribution >= 4 is 17.8 Å². The molecule has 0 rings (SSSR count). The Labute approximate surface area is 93.0 Å². The second-order valence-electron chi connectivity index (χ2n) is 2.85. The summed E-state index contributed by atoms with van der Waals surface area (Å²) in [4.78, 5) is 32.4. The molecule has 0 aromatic rings. The highest BCUT2D eigenvalue weighted by atomic mass is 16.5. The standard InChI is InChI=1S/C10H13NO5/c1-3-8(12)11-7(10(14)15)5-6-9(13)16-4-2/h1,7H,4-6H2,2H3,(H,11,12)(H,14,15)/t7-/m0/s1. The van der Waals surface area contributed by atoms with Crippen molar-refractivity contribution < 1.29 is 24.2 Å². The van der Waals surface area contributed by atoms with Gasteiger partial charge < -0.3 is 15.2 Å². The highest BCUT2D eigenvalue weighted by Gasteiger charge is 2.20. The number of terminal acetylenes is 1. The summed E-state index contributed by atoms with van der Waals surface area (Å²) in [7, 11) is 0. The van der Waals surface area contributed by atoms with Crippen molar-refractivity contribution in [2.45, 2.75) is 25.8 Å². The fraction of sp³-hybridized carbons (Fsp3) is 0.500. The van der Waals surface area contributed by atoms with Crippen LogP contribution in [-0.4, -0.2) is 35.6 Å². The van der Waals surface area contributed by atoms with Crippen molar-refractivity contribution in [3.8, 4) is 12.3 Å². The number of carbonyl (C=O) groups is 3. The van der Waals surface area contributed by atoms with Crippen LogP contribution in [0.1, 0.15) is 19.8 Å². The van der Waals surface area contributed by atoms with Crippen LogP contribution in [0.2, 0.25) is 0 Å². The normalized spacial score (nSPS) is 11.0. The first-order chi connectivity index (χ1) is 7.51. The van der Waals surface area contributed by atoms with E-state index in [4.69, 9.17) is 11.5 Å². The van der Waals surface area contributed by atoms with Crippen LogP contribution in [0, 0.1) is 12.3 Å². The topological polar surface area (TPSA) is 92.7 Å². The molecule has 0 bridgehead atoms. The molecule has 1 atom stereocenters. The molecular weight excluding hydrogens is 214 g/mol. The number of aliphatic carboxylic acids is 1. The Morgan fingerprint density at radius 1 is 1.50 bits per heavy atom. The third kappa shape index (κ3) is 5.65. The number of esters is 1. The Kier molecular flexibility index (Phi) is 6.36. The van der Waals surface area contributed by atoms with E-state index < -0.39 is 23.9 Å². The molecule has 0 aliphatic heterocycles. The van der Waals surface area contributed by atoms with Gasteiger partial charge in [0.15, 0.2) is 0 Å². The number of hydrogen-bond donors (Lipinski definition) is 2. The van der Waals surface area contributed by atoms with Gasteiger partial charge in [-0.2, -0.15) is 0 Å². The van der Waals surface area contributed by atoms with Crippen LogP contribution < -0.4 is 5.32 Å². The van der Waals surface area contributed by atoms with Crippen LogP contribution in [0.3, 0.4) is 0 Å². The van der Waals surface area contributed by atoms with Gasteiger partial charge in [-0.15, -0.1) is 6.42 Å². The fourth-order valence-electron chi connectivity index (χ4n) is 0.953. The number of carbonyl (C=O) groups excluding carboxylic acids is 2. The maximum absolute atomic E-state index is 11.0.